The highest BCUT2D eigenvalue weighted by molar-refractivity contribution is 5.22. The van der Waals surface area contributed by atoms with E-state index in [0.717, 1.165) is 19.3 Å². The zero-order valence-electron chi connectivity index (χ0n) is 11.7. The van der Waals surface area contributed by atoms with Crippen molar-refractivity contribution in [3.05, 3.63) is 35.4 Å². The van der Waals surface area contributed by atoms with E-state index in [1.807, 2.05) is 0 Å². The maximum atomic E-state index is 9.99. The lowest BCUT2D eigenvalue weighted by atomic mass is 9.86. The van der Waals surface area contributed by atoms with Crippen molar-refractivity contribution in [2.45, 2.75) is 59.5 Å². The van der Waals surface area contributed by atoms with E-state index < -0.39 is 0 Å². The van der Waals surface area contributed by atoms with Crippen LogP contribution in [0.1, 0.15) is 51.7 Å². The molecule has 0 amide bonds. The second-order valence-electron chi connectivity index (χ2n) is 5.99. The van der Waals surface area contributed by atoms with Crippen LogP contribution < -0.4 is 0 Å². The van der Waals surface area contributed by atoms with Crippen LogP contribution in [-0.4, -0.2) is 11.2 Å². The van der Waals surface area contributed by atoms with Gasteiger partial charge in [-0.2, -0.15) is 0 Å². The van der Waals surface area contributed by atoms with Crippen molar-refractivity contribution in [3.63, 3.8) is 0 Å². The molecule has 0 saturated heterocycles. The topological polar surface area (TPSA) is 20.2 Å². The molecule has 0 aromatic heterocycles. The zero-order valence-corrected chi connectivity index (χ0v) is 11.7. The van der Waals surface area contributed by atoms with E-state index in [4.69, 9.17) is 0 Å². The molecular formula is C16H26O. The van der Waals surface area contributed by atoms with Crippen LogP contribution in [0, 0.1) is 5.41 Å². The maximum absolute atomic E-state index is 9.99. The van der Waals surface area contributed by atoms with Crippen molar-refractivity contribution in [3.8, 4) is 0 Å². The average molecular weight is 234 g/mol. The van der Waals surface area contributed by atoms with Crippen molar-refractivity contribution in [1.82, 2.24) is 0 Å². The summed E-state index contributed by atoms with van der Waals surface area (Å²) in [6, 6.07) is 8.81. The molecule has 1 aromatic rings. The first-order chi connectivity index (χ1) is 7.93. The minimum atomic E-state index is -0.224. The summed E-state index contributed by atoms with van der Waals surface area (Å²) in [5.74, 6) is 0. The first kappa shape index (κ1) is 14.2. The molecule has 1 N–H and O–H groups in total. The normalized spacial score (nSPS) is 13.7. The fourth-order valence-corrected chi connectivity index (χ4v) is 1.90. The van der Waals surface area contributed by atoms with Gasteiger partial charge in [0.25, 0.3) is 0 Å². The average Bonchev–Trinajstić information content (AvgIpc) is 2.27. The highest BCUT2D eigenvalue weighted by atomic mass is 16.3. The van der Waals surface area contributed by atoms with Crippen molar-refractivity contribution in [2.75, 3.05) is 0 Å². The molecule has 1 aromatic carbocycles. The third kappa shape index (κ3) is 4.91. The molecule has 1 nitrogen and oxygen atoms in total. The number of rotatable bonds is 5. The summed E-state index contributed by atoms with van der Waals surface area (Å²) in [5, 5.41) is 9.99. The Morgan fingerprint density at radius 3 is 1.88 bits per heavy atom. The summed E-state index contributed by atoms with van der Waals surface area (Å²) in [4.78, 5) is 0. The predicted octanol–water partition coefficient (Wildman–Crippen LogP) is 3.98. The lowest BCUT2D eigenvalue weighted by molar-refractivity contribution is 0.0560. The molecule has 96 valence electrons. The molecule has 1 unspecified atom stereocenters. The number of benzene rings is 1. The standard InChI is InChI=1S/C16H26O/c1-5-6-13-7-9-14(10-8-13)11-12-15(17)16(2,3)4/h7-10,15,17H,5-6,11-12H2,1-4H3. The number of aliphatic hydroxyl groups excluding tert-OH is 1. The van der Waals surface area contributed by atoms with E-state index in [1.54, 1.807) is 0 Å². The van der Waals surface area contributed by atoms with Gasteiger partial charge >= 0.3 is 0 Å². The molecule has 1 rings (SSSR count). The molecule has 1 heteroatoms. The summed E-state index contributed by atoms with van der Waals surface area (Å²) in [6.07, 6.45) is 3.94. The number of hydrogen-bond donors (Lipinski definition) is 1. The van der Waals surface area contributed by atoms with Gasteiger partial charge in [-0.1, -0.05) is 58.4 Å². The molecule has 0 aliphatic carbocycles. The van der Waals surface area contributed by atoms with E-state index >= 15 is 0 Å². The van der Waals surface area contributed by atoms with E-state index in [2.05, 4.69) is 52.0 Å². The van der Waals surface area contributed by atoms with Crippen LogP contribution in [0.25, 0.3) is 0 Å². The molecule has 17 heavy (non-hydrogen) atoms. The summed E-state index contributed by atoms with van der Waals surface area (Å²) in [5.41, 5.74) is 2.73. The van der Waals surface area contributed by atoms with E-state index in [-0.39, 0.29) is 11.5 Å². The fraction of sp³-hybridized carbons (Fsp3) is 0.625. The Labute approximate surface area is 106 Å². The van der Waals surface area contributed by atoms with E-state index in [0.29, 0.717) is 0 Å². The van der Waals surface area contributed by atoms with Crippen LogP contribution in [0.5, 0.6) is 0 Å². The highest BCUT2D eigenvalue weighted by Gasteiger charge is 2.21. The van der Waals surface area contributed by atoms with Gasteiger partial charge in [-0.3, -0.25) is 0 Å². The third-order valence-corrected chi connectivity index (χ3v) is 3.27. The smallest absolute Gasteiger partial charge is 0.0591 e. The van der Waals surface area contributed by atoms with Gasteiger partial charge in [-0.15, -0.1) is 0 Å². The van der Waals surface area contributed by atoms with Crippen molar-refractivity contribution in [1.29, 1.82) is 0 Å². The monoisotopic (exact) mass is 234 g/mol. The van der Waals surface area contributed by atoms with Gasteiger partial charge in [0.1, 0.15) is 0 Å². The SMILES string of the molecule is CCCc1ccc(CCC(O)C(C)(C)C)cc1. The predicted molar refractivity (Wildman–Crippen MR) is 74.2 cm³/mol. The number of aryl methyl sites for hydroxylation is 2. The highest BCUT2D eigenvalue weighted by Crippen LogP contribution is 2.23. The Balaban J connectivity index is 2.47. The minimum absolute atomic E-state index is 0.0118. The summed E-state index contributed by atoms with van der Waals surface area (Å²) >= 11 is 0. The minimum Gasteiger partial charge on any atom is -0.393 e. The molecule has 1 atom stereocenters. The second-order valence-corrected chi connectivity index (χ2v) is 5.99. The van der Waals surface area contributed by atoms with Crippen LogP contribution in [0.3, 0.4) is 0 Å². The van der Waals surface area contributed by atoms with Gasteiger partial charge in [-0.25, -0.2) is 0 Å². The fourth-order valence-electron chi connectivity index (χ4n) is 1.90. The van der Waals surface area contributed by atoms with Gasteiger partial charge in [0.05, 0.1) is 6.10 Å². The van der Waals surface area contributed by atoms with Crippen LogP contribution in [0.2, 0.25) is 0 Å². The molecule has 0 saturated carbocycles. The Morgan fingerprint density at radius 2 is 1.47 bits per heavy atom. The van der Waals surface area contributed by atoms with Crippen LogP contribution in [-0.2, 0) is 12.8 Å². The molecule has 0 fully saturated rings. The lowest BCUT2D eigenvalue weighted by Gasteiger charge is -2.25. The number of hydrogen-bond acceptors (Lipinski definition) is 1. The van der Waals surface area contributed by atoms with Gasteiger partial charge in [-0.05, 0) is 35.8 Å². The number of aliphatic hydroxyl groups is 1. The Kier molecular flexibility index (Phi) is 5.20. The largest absolute Gasteiger partial charge is 0.393 e. The van der Waals surface area contributed by atoms with Crippen molar-refractivity contribution >= 4 is 0 Å². The second kappa shape index (κ2) is 6.20. The first-order valence-electron chi connectivity index (χ1n) is 6.69. The molecule has 0 radical (unpaired) electrons. The molecular weight excluding hydrogens is 208 g/mol. The van der Waals surface area contributed by atoms with E-state index in [1.165, 1.54) is 17.5 Å². The van der Waals surface area contributed by atoms with Gasteiger partial charge in [0.15, 0.2) is 0 Å². The summed E-state index contributed by atoms with van der Waals surface area (Å²) in [7, 11) is 0. The molecule has 0 heterocycles. The summed E-state index contributed by atoms with van der Waals surface area (Å²) < 4.78 is 0. The van der Waals surface area contributed by atoms with Crippen LogP contribution >= 0.6 is 0 Å². The zero-order chi connectivity index (χ0) is 12.9. The van der Waals surface area contributed by atoms with E-state index in [9.17, 15) is 5.11 Å². The van der Waals surface area contributed by atoms with Crippen molar-refractivity contribution in [2.24, 2.45) is 5.41 Å². The van der Waals surface area contributed by atoms with Crippen LogP contribution in [0.4, 0.5) is 0 Å². The van der Waals surface area contributed by atoms with Gasteiger partial charge < -0.3 is 5.11 Å². The lowest BCUT2D eigenvalue weighted by Crippen LogP contribution is -2.26. The Morgan fingerprint density at radius 1 is 1.00 bits per heavy atom. The Hall–Kier alpha value is -0.820. The maximum Gasteiger partial charge on any atom is 0.0591 e. The quantitative estimate of drug-likeness (QED) is 0.817. The third-order valence-electron chi connectivity index (χ3n) is 3.27. The molecule has 0 bridgehead atoms. The Bertz CT molecular complexity index is 318. The molecule has 0 aliphatic heterocycles. The van der Waals surface area contributed by atoms with Gasteiger partial charge in [0, 0.05) is 0 Å². The molecule has 0 spiro atoms. The van der Waals surface area contributed by atoms with Crippen molar-refractivity contribution < 1.29 is 5.11 Å². The summed E-state index contributed by atoms with van der Waals surface area (Å²) in [6.45, 7) is 8.46. The van der Waals surface area contributed by atoms with Gasteiger partial charge in [0.2, 0.25) is 0 Å². The first-order valence-corrected chi connectivity index (χ1v) is 6.69. The van der Waals surface area contributed by atoms with Crippen LogP contribution in [0.15, 0.2) is 24.3 Å². The molecule has 0 aliphatic rings.